The van der Waals surface area contributed by atoms with Crippen molar-refractivity contribution in [2.24, 2.45) is 0 Å². The summed E-state index contributed by atoms with van der Waals surface area (Å²) in [6.45, 7) is 4.31. The highest BCUT2D eigenvalue weighted by molar-refractivity contribution is 5.95. The Bertz CT molecular complexity index is 776. The van der Waals surface area contributed by atoms with Gasteiger partial charge in [-0.25, -0.2) is 9.18 Å². The largest absolute Gasteiger partial charge is 0.490 e. The maximum Gasteiger partial charge on any atom is 0.338 e. The molecule has 0 aliphatic rings. The average Bonchev–Trinajstić information content (AvgIpc) is 2.67. The van der Waals surface area contributed by atoms with Crippen LogP contribution in [0.2, 0.25) is 0 Å². The second-order valence-electron chi connectivity index (χ2n) is 5.57. The van der Waals surface area contributed by atoms with E-state index in [1.807, 2.05) is 13.8 Å². The monoisotopic (exact) mass is 375 g/mol. The minimum Gasteiger partial charge on any atom is -0.490 e. The molecule has 27 heavy (non-hydrogen) atoms. The first-order chi connectivity index (χ1) is 13.0. The Labute approximate surface area is 157 Å². The van der Waals surface area contributed by atoms with Gasteiger partial charge in [-0.2, -0.15) is 0 Å². The third-order valence-electron chi connectivity index (χ3n) is 3.40. The van der Waals surface area contributed by atoms with E-state index in [2.05, 4.69) is 5.32 Å². The Morgan fingerprint density at radius 3 is 2.41 bits per heavy atom. The number of nitrogens with one attached hydrogen (secondary N) is 1. The number of benzene rings is 2. The third kappa shape index (κ3) is 6.29. The summed E-state index contributed by atoms with van der Waals surface area (Å²) < 4.78 is 28.9. The maximum absolute atomic E-state index is 12.8. The lowest BCUT2D eigenvalue weighted by atomic mass is 10.2. The Morgan fingerprint density at radius 1 is 1.00 bits per heavy atom. The molecule has 6 nitrogen and oxygen atoms in total. The lowest BCUT2D eigenvalue weighted by Gasteiger charge is -2.13. The minimum absolute atomic E-state index is 0.247. The zero-order valence-electron chi connectivity index (χ0n) is 15.3. The molecular formula is C20H22FNO5. The number of carbonyl (C=O) groups excluding carboxylic acids is 2. The average molecular weight is 375 g/mol. The molecule has 0 unspecified atom stereocenters. The van der Waals surface area contributed by atoms with Gasteiger partial charge >= 0.3 is 5.97 Å². The van der Waals surface area contributed by atoms with E-state index in [0.29, 0.717) is 30.4 Å². The van der Waals surface area contributed by atoms with Crippen LogP contribution >= 0.6 is 0 Å². The quantitative estimate of drug-likeness (QED) is 0.675. The van der Waals surface area contributed by atoms with E-state index in [9.17, 15) is 14.0 Å². The second-order valence-corrected chi connectivity index (χ2v) is 5.57. The molecule has 0 aliphatic carbocycles. The normalized spacial score (nSPS) is 10.2. The predicted octanol–water partition coefficient (Wildman–Crippen LogP) is 3.81. The van der Waals surface area contributed by atoms with Crippen LogP contribution in [-0.4, -0.2) is 31.7 Å². The van der Waals surface area contributed by atoms with Gasteiger partial charge in [-0.15, -0.1) is 0 Å². The van der Waals surface area contributed by atoms with E-state index in [1.165, 1.54) is 30.3 Å². The summed E-state index contributed by atoms with van der Waals surface area (Å²) in [5.74, 6) is -0.605. The molecule has 144 valence electrons. The van der Waals surface area contributed by atoms with Crippen molar-refractivity contribution in [3.63, 3.8) is 0 Å². The molecule has 0 fully saturated rings. The summed E-state index contributed by atoms with van der Waals surface area (Å²) in [6.07, 6.45) is 0.846. The van der Waals surface area contributed by atoms with Crippen LogP contribution in [0.1, 0.15) is 30.6 Å². The van der Waals surface area contributed by atoms with E-state index >= 15 is 0 Å². The highest BCUT2D eigenvalue weighted by atomic mass is 19.1. The number of rotatable bonds is 9. The number of ether oxygens (including phenoxy) is 3. The molecule has 2 aromatic carbocycles. The van der Waals surface area contributed by atoms with Gasteiger partial charge in [-0.3, -0.25) is 4.79 Å². The molecule has 7 heteroatoms. The fraction of sp³-hybridized carbons (Fsp3) is 0.300. The van der Waals surface area contributed by atoms with Gasteiger partial charge in [0.2, 0.25) is 0 Å². The molecular weight excluding hydrogens is 353 g/mol. The smallest absolute Gasteiger partial charge is 0.338 e. The number of anilines is 1. The number of carbonyl (C=O) groups is 2. The van der Waals surface area contributed by atoms with Crippen LogP contribution in [-0.2, 0) is 9.53 Å². The zero-order valence-corrected chi connectivity index (χ0v) is 15.3. The number of hydrogen-bond acceptors (Lipinski definition) is 5. The molecule has 1 amide bonds. The minimum atomic E-state index is -0.660. The first-order valence-electron chi connectivity index (χ1n) is 8.65. The van der Waals surface area contributed by atoms with Crippen LogP contribution in [0.4, 0.5) is 10.1 Å². The van der Waals surface area contributed by atoms with Gasteiger partial charge in [-0.05, 0) is 55.8 Å². The molecule has 0 saturated heterocycles. The summed E-state index contributed by atoms with van der Waals surface area (Å²) in [7, 11) is 0. The third-order valence-corrected chi connectivity index (χ3v) is 3.40. The van der Waals surface area contributed by atoms with Gasteiger partial charge in [0.05, 0.1) is 18.8 Å². The molecule has 0 aromatic heterocycles. The van der Waals surface area contributed by atoms with Gasteiger partial charge in [0, 0.05) is 5.69 Å². The molecule has 0 heterocycles. The fourth-order valence-electron chi connectivity index (χ4n) is 2.18. The second kappa shape index (κ2) is 10.2. The molecule has 2 rings (SSSR count). The van der Waals surface area contributed by atoms with Crippen LogP contribution in [0, 0.1) is 5.82 Å². The SMILES string of the molecule is CCCOc1ccc(C(=O)OCC(=O)Nc2ccc(F)cc2)cc1OCC. The van der Waals surface area contributed by atoms with E-state index in [1.54, 1.807) is 12.1 Å². The van der Waals surface area contributed by atoms with E-state index in [4.69, 9.17) is 14.2 Å². The summed E-state index contributed by atoms with van der Waals surface area (Å²) >= 11 is 0. The summed E-state index contributed by atoms with van der Waals surface area (Å²) in [5.41, 5.74) is 0.658. The first-order valence-corrected chi connectivity index (χ1v) is 8.65. The molecule has 0 atom stereocenters. The van der Waals surface area contributed by atoms with Crippen molar-refractivity contribution in [1.82, 2.24) is 0 Å². The topological polar surface area (TPSA) is 73.9 Å². The molecule has 0 radical (unpaired) electrons. The van der Waals surface area contributed by atoms with Crippen molar-refractivity contribution < 1.29 is 28.2 Å². The molecule has 0 aliphatic heterocycles. The van der Waals surface area contributed by atoms with Crippen LogP contribution in [0.5, 0.6) is 11.5 Å². The summed E-state index contributed by atoms with van der Waals surface area (Å²) in [5, 5.41) is 2.51. The van der Waals surface area contributed by atoms with Gasteiger partial charge in [-0.1, -0.05) is 6.92 Å². The Kier molecular flexibility index (Phi) is 7.61. The number of amides is 1. The zero-order chi connectivity index (χ0) is 19.6. The fourth-order valence-corrected chi connectivity index (χ4v) is 2.18. The van der Waals surface area contributed by atoms with Crippen molar-refractivity contribution in [2.75, 3.05) is 25.1 Å². The lowest BCUT2D eigenvalue weighted by molar-refractivity contribution is -0.119. The van der Waals surface area contributed by atoms with Crippen LogP contribution in [0.15, 0.2) is 42.5 Å². The Morgan fingerprint density at radius 2 is 1.74 bits per heavy atom. The highest BCUT2D eigenvalue weighted by Gasteiger charge is 2.14. The Hall–Kier alpha value is -3.09. The van der Waals surface area contributed by atoms with Gasteiger partial charge < -0.3 is 19.5 Å². The number of halogens is 1. The summed E-state index contributed by atoms with van der Waals surface area (Å²) in [6, 6.07) is 9.98. The number of hydrogen-bond donors (Lipinski definition) is 1. The summed E-state index contributed by atoms with van der Waals surface area (Å²) in [4.78, 5) is 24.0. The van der Waals surface area contributed by atoms with Crippen LogP contribution < -0.4 is 14.8 Å². The van der Waals surface area contributed by atoms with Crippen LogP contribution in [0.3, 0.4) is 0 Å². The molecule has 2 aromatic rings. The molecule has 0 bridgehead atoms. The standard InChI is InChI=1S/C20H22FNO5/c1-3-11-26-17-10-5-14(12-18(17)25-4-2)20(24)27-13-19(23)22-16-8-6-15(21)7-9-16/h5-10,12H,3-4,11,13H2,1-2H3,(H,22,23). The van der Waals surface area contributed by atoms with Gasteiger partial charge in [0.1, 0.15) is 5.82 Å². The van der Waals surface area contributed by atoms with E-state index in [-0.39, 0.29) is 5.56 Å². The van der Waals surface area contributed by atoms with E-state index in [0.717, 1.165) is 6.42 Å². The van der Waals surface area contributed by atoms with Gasteiger partial charge in [0.25, 0.3) is 5.91 Å². The van der Waals surface area contributed by atoms with Crippen molar-refractivity contribution in [2.45, 2.75) is 20.3 Å². The van der Waals surface area contributed by atoms with Gasteiger partial charge in [0.15, 0.2) is 18.1 Å². The molecule has 1 N–H and O–H groups in total. The molecule has 0 spiro atoms. The van der Waals surface area contributed by atoms with Crippen molar-refractivity contribution in [3.05, 3.63) is 53.8 Å². The predicted molar refractivity (Wildman–Crippen MR) is 98.7 cm³/mol. The maximum atomic E-state index is 12.8. The van der Waals surface area contributed by atoms with Crippen LogP contribution in [0.25, 0.3) is 0 Å². The highest BCUT2D eigenvalue weighted by Crippen LogP contribution is 2.29. The first kappa shape index (κ1) is 20.2. The lowest BCUT2D eigenvalue weighted by Crippen LogP contribution is -2.21. The molecule has 0 saturated carbocycles. The van der Waals surface area contributed by atoms with E-state index < -0.39 is 24.3 Å². The van der Waals surface area contributed by atoms with Crippen molar-refractivity contribution in [1.29, 1.82) is 0 Å². The van der Waals surface area contributed by atoms with Crippen molar-refractivity contribution >= 4 is 17.6 Å². The van der Waals surface area contributed by atoms with Crippen molar-refractivity contribution in [3.8, 4) is 11.5 Å². The Balaban J connectivity index is 1.95. The number of esters is 1.